The molecular formula is C15H14N6. The van der Waals surface area contributed by atoms with Gasteiger partial charge >= 0.3 is 0 Å². The van der Waals surface area contributed by atoms with Crippen LogP contribution in [0.1, 0.15) is 12.0 Å². The molecule has 0 aliphatic rings. The van der Waals surface area contributed by atoms with E-state index in [1.165, 1.54) is 0 Å². The zero-order valence-corrected chi connectivity index (χ0v) is 11.4. The molecule has 6 heteroatoms. The first kappa shape index (κ1) is 13.1. The molecule has 0 radical (unpaired) electrons. The normalized spacial score (nSPS) is 10.4. The topological polar surface area (TPSA) is 79.4 Å². The van der Waals surface area contributed by atoms with E-state index in [0.717, 1.165) is 36.1 Å². The van der Waals surface area contributed by atoms with E-state index in [2.05, 4.69) is 26.7 Å². The summed E-state index contributed by atoms with van der Waals surface area (Å²) < 4.78 is 1.79. The van der Waals surface area contributed by atoms with E-state index in [1.807, 2.05) is 30.5 Å². The molecule has 3 aromatic rings. The van der Waals surface area contributed by atoms with Crippen LogP contribution in [0.5, 0.6) is 0 Å². The van der Waals surface area contributed by atoms with Crippen molar-refractivity contribution in [1.82, 2.24) is 20.0 Å². The molecule has 0 spiro atoms. The Morgan fingerprint density at radius 1 is 1.29 bits per heavy atom. The van der Waals surface area contributed by atoms with E-state index in [4.69, 9.17) is 0 Å². The first-order valence-corrected chi connectivity index (χ1v) is 6.74. The molecule has 0 saturated carbocycles. The van der Waals surface area contributed by atoms with Crippen LogP contribution in [0.3, 0.4) is 0 Å². The van der Waals surface area contributed by atoms with Gasteiger partial charge in [-0.15, -0.1) is 5.10 Å². The second-order valence-electron chi connectivity index (χ2n) is 4.62. The van der Waals surface area contributed by atoms with Gasteiger partial charge in [0.25, 0.3) is 0 Å². The number of aromatic nitrogens is 4. The first-order valence-electron chi connectivity index (χ1n) is 6.74. The summed E-state index contributed by atoms with van der Waals surface area (Å²) in [5.41, 5.74) is 2.30. The second-order valence-corrected chi connectivity index (χ2v) is 4.62. The minimum Gasteiger partial charge on any atom is -0.383 e. The summed E-state index contributed by atoms with van der Waals surface area (Å²) in [6, 6.07) is 10.00. The highest BCUT2D eigenvalue weighted by Gasteiger charge is 2.07. The Morgan fingerprint density at radius 2 is 2.19 bits per heavy atom. The van der Waals surface area contributed by atoms with Gasteiger partial charge in [-0.3, -0.25) is 9.67 Å². The Hall–Kier alpha value is -2.94. The Morgan fingerprint density at radius 3 is 3.00 bits per heavy atom. The number of benzene rings is 1. The number of anilines is 1. The molecule has 0 bridgehead atoms. The van der Waals surface area contributed by atoms with Gasteiger partial charge < -0.3 is 5.32 Å². The molecule has 0 saturated heterocycles. The molecule has 0 unspecified atom stereocenters. The van der Waals surface area contributed by atoms with Crippen molar-refractivity contribution >= 4 is 16.6 Å². The number of rotatable bonds is 5. The lowest BCUT2D eigenvalue weighted by Crippen LogP contribution is -2.08. The summed E-state index contributed by atoms with van der Waals surface area (Å²) in [5, 5.41) is 21.2. The maximum Gasteiger partial charge on any atom is 0.103 e. The van der Waals surface area contributed by atoms with Gasteiger partial charge in [-0.25, -0.2) is 0 Å². The summed E-state index contributed by atoms with van der Waals surface area (Å²) in [7, 11) is 0. The van der Waals surface area contributed by atoms with Gasteiger partial charge in [0.2, 0.25) is 0 Å². The number of nitriles is 1. The Bertz CT molecular complexity index is 772. The molecule has 1 aromatic carbocycles. The van der Waals surface area contributed by atoms with E-state index in [0.29, 0.717) is 5.56 Å². The van der Waals surface area contributed by atoms with E-state index in [1.54, 1.807) is 17.1 Å². The second kappa shape index (κ2) is 6.01. The maximum atomic E-state index is 9.23. The zero-order chi connectivity index (χ0) is 14.5. The molecule has 3 rings (SSSR count). The molecule has 104 valence electrons. The SMILES string of the molecule is N#Cc1cnc2ccccc2c1NCCCn1ccnn1. The van der Waals surface area contributed by atoms with Crippen molar-refractivity contribution in [1.29, 1.82) is 5.26 Å². The number of nitrogens with one attached hydrogen (secondary N) is 1. The molecule has 2 heterocycles. The van der Waals surface area contributed by atoms with Crippen molar-refractivity contribution in [3.05, 3.63) is 48.4 Å². The first-order chi connectivity index (χ1) is 10.4. The fourth-order valence-corrected chi connectivity index (χ4v) is 2.22. The lowest BCUT2D eigenvalue weighted by Gasteiger charge is -2.11. The molecule has 21 heavy (non-hydrogen) atoms. The Balaban J connectivity index is 1.74. The van der Waals surface area contributed by atoms with Crippen molar-refractivity contribution in [3.8, 4) is 6.07 Å². The highest BCUT2D eigenvalue weighted by molar-refractivity contribution is 5.93. The van der Waals surface area contributed by atoms with Gasteiger partial charge in [-0.1, -0.05) is 23.4 Å². The van der Waals surface area contributed by atoms with Crippen LogP contribution in [0.15, 0.2) is 42.9 Å². The molecular weight excluding hydrogens is 264 g/mol. The van der Waals surface area contributed by atoms with Gasteiger partial charge in [0, 0.05) is 30.9 Å². The fourth-order valence-electron chi connectivity index (χ4n) is 2.22. The maximum absolute atomic E-state index is 9.23. The molecule has 0 aliphatic heterocycles. The van der Waals surface area contributed by atoms with Gasteiger partial charge in [0.1, 0.15) is 6.07 Å². The molecule has 0 atom stereocenters. The standard InChI is InChI=1S/C15H14N6/c16-10-12-11-18-14-5-2-1-4-13(14)15(12)17-6-3-8-21-9-7-19-20-21/h1-2,4-5,7,9,11H,3,6,8H2,(H,17,18). The zero-order valence-electron chi connectivity index (χ0n) is 11.4. The van der Waals surface area contributed by atoms with Gasteiger partial charge in [0.15, 0.2) is 0 Å². The van der Waals surface area contributed by atoms with Gasteiger partial charge in [0.05, 0.1) is 23.0 Å². The lowest BCUT2D eigenvalue weighted by molar-refractivity contribution is 0.570. The lowest BCUT2D eigenvalue weighted by atomic mass is 10.1. The number of para-hydroxylation sites is 1. The average molecular weight is 278 g/mol. The largest absolute Gasteiger partial charge is 0.383 e. The van der Waals surface area contributed by atoms with Crippen molar-refractivity contribution in [2.24, 2.45) is 0 Å². The third-order valence-corrected chi connectivity index (χ3v) is 3.23. The number of fused-ring (bicyclic) bond motifs is 1. The van der Waals surface area contributed by atoms with Crippen molar-refractivity contribution < 1.29 is 0 Å². The van der Waals surface area contributed by atoms with Gasteiger partial charge in [-0.05, 0) is 12.5 Å². The predicted molar refractivity (Wildman–Crippen MR) is 79.6 cm³/mol. The summed E-state index contributed by atoms with van der Waals surface area (Å²) in [4.78, 5) is 4.30. The number of hydrogen-bond donors (Lipinski definition) is 1. The number of pyridine rings is 1. The van der Waals surface area contributed by atoms with E-state index < -0.39 is 0 Å². The molecule has 6 nitrogen and oxygen atoms in total. The minimum atomic E-state index is 0.564. The van der Waals surface area contributed by atoms with Crippen LogP contribution in [0.25, 0.3) is 10.9 Å². The summed E-state index contributed by atoms with van der Waals surface area (Å²) in [5.74, 6) is 0. The van der Waals surface area contributed by atoms with Crippen LogP contribution in [-0.2, 0) is 6.54 Å². The van der Waals surface area contributed by atoms with Crippen LogP contribution < -0.4 is 5.32 Å². The van der Waals surface area contributed by atoms with E-state index >= 15 is 0 Å². The summed E-state index contributed by atoms with van der Waals surface area (Å²) in [6.07, 6.45) is 6.01. The predicted octanol–water partition coefficient (Wildman–Crippen LogP) is 2.20. The van der Waals surface area contributed by atoms with E-state index in [-0.39, 0.29) is 0 Å². The number of hydrogen-bond acceptors (Lipinski definition) is 5. The average Bonchev–Trinajstić information content (AvgIpc) is 3.04. The Kier molecular flexibility index (Phi) is 3.74. The van der Waals surface area contributed by atoms with Crippen LogP contribution >= 0.6 is 0 Å². The molecule has 0 amide bonds. The van der Waals surface area contributed by atoms with Crippen LogP contribution in [0, 0.1) is 11.3 Å². The fraction of sp³-hybridized carbons (Fsp3) is 0.200. The molecule has 0 fully saturated rings. The van der Waals surface area contributed by atoms with Crippen molar-refractivity contribution in [3.63, 3.8) is 0 Å². The van der Waals surface area contributed by atoms with Crippen molar-refractivity contribution in [2.45, 2.75) is 13.0 Å². The quantitative estimate of drug-likeness (QED) is 0.724. The third-order valence-electron chi connectivity index (χ3n) is 3.23. The molecule has 2 aromatic heterocycles. The van der Waals surface area contributed by atoms with Gasteiger partial charge in [-0.2, -0.15) is 5.26 Å². The smallest absolute Gasteiger partial charge is 0.103 e. The number of nitrogens with zero attached hydrogens (tertiary/aromatic N) is 5. The Labute approximate surface area is 122 Å². The third kappa shape index (κ3) is 2.82. The monoisotopic (exact) mass is 278 g/mol. The summed E-state index contributed by atoms with van der Waals surface area (Å²) >= 11 is 0. The highest BCUT2D eigenvalue weighted by atomic mass is 15.4. The van der Waals surface area contributed by atoms with Crippen LogP contribution in [-0.4, -0.2) is 26.5 Å². The number of aryl methyl sites for hydroxylation is 1. The van der Waals surface area contributed by atoms with Crippen molar-refractivity contribution in [2.75, 3.05) is 11.9 Å². The molecule has 1 N–H and O–H groups in total. The minimum absolute atomic E-state index is 0.564. The van der Waals surface area contributed by atoms with E-state index in [9.17, 15) is 5.26 Å². The van der Waals surface area contributed by atoms with Crippen LogP contribution in [0.2, 0.25) is 0 Å². The van der Waals surface area contributed by atoms with Crippen LogP contribution in [0.4, 0.5) is 5.69 Å². The molecule has 0 aliphatic carbocycles. The highest BCUT2D eigenvalue weighted by Crippen LogP contribution is 2.25. The summed E-state index contributed by atoms with van der Waals surface area (Å²) in [6.45, 7) is 1.54.